The Kier molecular flexibility index (Phi) is 3.55. The van der Waals surface area contributed by atoms with Crippen LogP contribution in [0, 0.1) is 6.92 Å². The van der Waals surface area contributed by atoms with Crippen LogP contribution in [-0.4, -0.2) is 28.1 Å². The number of benzene rings is 1. The first-order valence-electron chi connectivity index (χ1n) is 6.77. The summed E-state index contributed by atoms with van der Waals surface area (Å²) in [6.45, 7) is 1.37. The van der Waals surface area contributed by atoms with Crippen LogP contribution in [0.2, 0.25) is 0 Å². The van der Waals surface area contributed by atoms with Crippen LogP contribution in [0.25, 0.3) is 11.4 Å². The van der Waals surface area contributed by atoms with Crippen LogP contribution < -0.4 is 5.73 Å². The molecule has 0 bridgehead atoms. The average Bonchev–Trinajstić information content (AvgIpc) is 2.95. The topological polar surface area (TPSA) is 74.2 Å². The first kappa shape index (κ1) is 15.7. The summed E-state index contributed by atoms with van der Waals surface area (Å²) < 4.78 is 61.2. The molecular weight excluding hydrogens is 318 g/mol. The predicted octanol–water partition coefficient (Wildman–Crippen LogP) is 3.19. The van der Waals surface area contributed by atoms with Crippen molar-refractivity contribution in [2.24, 2.45) is 0 Å². The van der Waals surface area contributed by atoms with Crippen molar-refractivity contribution in [1.82, 2.24) is 10.1 Å². The van der Waals surface area contributed by atoms with Crippen molar-refractivity contribution in [2.45, 2.75) is 37.9 Å². The van der Waals surface area contributed by atoms with Crippen molar-refractivity contribution >= 4 is 5.69 Å². The fourth-order valence-electron chi connectivity index (χ4n) is 2.15. The molecular formula is C14H13F4N3O2. The molecule has 1 fully saturated rings. The molecule has 2 aromatic rings. The van der Waals surface area contributed by atoms with Crippen LogP contribution in [0.1, 0.15) is 17.9 Å². The minimum absolute atomic E-state index is 0.0786. The lowest BCUT2D eigenvalue weighted by Gasteiger charge is -2.42. The molecule has 9 heteroatoms. The summed E-state index contributed by atoms with van der Waals surface area (Å²) in [6, 6.07) is 5.14. The normalized spacial score (nSPS) is 21.9. The molecule has 1 aromatic heterocycles. The molecule has 5 nitrogen and oxygen atoms in total. The Morgan fingerprint density at radius 2 is 2.09 bits per heavy atom. The average molecular weight is 331 g/mol. The number of alkyl halides is 4. The summed E-state index contributed by atoms with van der Waals surface area (Å²) in [6.07, 6.45) is -2.89. The van der Waals surface area contributed by atoms with Gasteiger partial charge in [0.1, 0.15) is 12.7 Å². The molecule has 0 amide bonds. The third-order valence-corrected chi connectivity index (χ3v) is 3.75. The first-order valence-corrected chi connectivity index (χ1v) is 6.77. The van der Waals surface area contributed by atoms with Gasteiger partial charge in [0.2, 0.25) is 5.82 Å². The molecule has 0 saturated heterocycles. The number of nitrogen functional groups attached to an aromatic ring is 1. The van der Waals surface area contributed by atoms with E-state index in [1.54, 1.807) is 18.2 Å². The number of hydrogen-bond acceptors (Lipinski definition) is 5. The van der Waals surface area contributed by atoms with Gasteiger partial charge in [-0.2, -0.15) is 22.5 Å². The molecule has 1 aromatic carbocycles. The van der Waals surface area contributed by atoms with Gasteiger partial charge in [-0.25, -0.2) is 0 Å². The van der Waals surface area contributed by atoms with E-state index < -0.39 is 31.0 Å². The largest absolute Gasteiger partial charge is 0.398 e. The van der Waals surface area contributed by atoms with Gasteiger partial charge in [-0.15, -0.1) is 0 Å². The van der Waals surface area contributed by atoms with Gasteiger partial charge in [-0.1, -0.05) is 17.3 Å². The number of aromatic nitrogens is 2. The molecule has 1 unspecified atom stereocenters. The Bertz CT molecular complexity index is 733. The molecule has 1 saturated carbocycles. The van der Waals surface area contributed by atoms with Gasteiger partial charge in [0, 0.05) is 11.3 Å². The number of hydrogen-bond donors (Lipinski definition) is 1. The highest BCUT2D eigenvalue weighted by atomic mass is 19.3. The predicted molar refractivity (Wildman–Crippen MR) is 72.0 cm³/mol. The van der Waals surface area contributed by atoms with Crippen LogP contribution in [-0.2, 0) is 11.3 Å². The van der Waals surface area contributed by atoms with E-state index in [1.807, 2.05) is 6.92 Å². The summed E-state index contributed by atoms with van der Waals surface area (Å²) in [5.74, 6) is -8.08. The van der Waals surface area contributed by atoms with Gasteiger partial charge >= 0.3 is 11.8 Å². The van der Waals surface area contributed by atoms with Gasteiger partial charge in [0.15, 0.2) is 0 Å². The van der Waals surface area contributed by atoms with Crippen LogP contribution in [0.4, 0.5) is 23.2 Å². The standard InChI is InChI=1S/C14H13F4N3O2/c1-7-2-3-8(4-9(7)19)12-20-11(23-21-12)6-22-10-5-13(15,16)14(10,17)18/h2-4,10H,5-6,19H2,1H3. The van der Waals surface area contributed by atoms with E-state index in [1.165, 1.54) is 0 Å². The van der Waals surface area contributed by atoms with Crippen molar-refractivity contribution < 1.29 is 26.8 Å². The maximum absolute atomic E-state index is 13.1. The molecule has 0 spiro atoms. The van der Waals surface area contributed by atoms with Crippen LogP contribution in [0.5, 0.6) is 0 Å². The summed E-state index contributed by atoms with van der Waals surface area (Å²) in [7, 11) is 0. The molecule has 1 aliphatic carbocycles. The highest BCUT2D eigenvalue weighted by Gasteiger charge is 2.72. The number of halogens is 4. The van der Waals surface area contributed by atoms with Crippen molar-refractivity contribution in [3.8, 4) is 11.4 Å². The third-order valence-electron chi connectivity index (χ3n) is 3.75. The van der Waals surface area contributed by atoms with E-state index in [9.17, 15) is 17.6 Å². The Labute approximate surface area is 128 Å². The van der Waals surface area contributed by atoms with Crippen molar-refractivity contribution in [2.75, 3.05) is 5.73 Å². The van der Waals surface area contributed by atoms with Gasteiger partial charge in [0.25, 0.3) is 5.89 Å². The van der Waals surface area contributed by atoms with Gasteiger partial charge < -0.3 is 15.0 Å². The van der Waals surface area contributed by atoms with E-state index in [4.69, 9.17) is 15.0 Å². The number of anilines is 1. The van der Waals surface area contributed by atoms with Crippen LogP contribution >= 0.6 is 0 Å². The molecule has 0 radical (unpaired) electrons. The molecule has 124 valence electrons. The number of nitrogens with two attached hydrogens (primary N) is 1. The van der Waals surface area contributed by atoms with E-state index >= 15 is 0 Å². The zero-order chi connectivity index (χ0) is 16.8. The fraction of sp³-hybridized carbons (Fsp3) is 0.429. The van der Waals surface area contributed by atoms with E-state index in [0.717, 1.165) is 5.56 Å². The Hall–Kier alpha value is -2.16. The molecule has 1 atom stereocenters. The molecule has 3 rings (SSSR count). The second-order valence-corrected chi connectivity index (χ2v) is 5.41. The summed E-state index contributed by atoms with van der Waals surface area (Å²) >= 11 is 0. The number of aryl methyl sites for hydroxylation is 1. The second-order valence-electron chi connectivity index (χ2n) is 5.41. The summed E-state index contributed by atoms with van der Waals surface area (Å²) in [5.41, 5.74) is 7.79. The summed E-state index contributed by atoms with van der Waals surface area (Å²) in [5, 5.41) is 3.69. The number of ether oxygens (including phenoxy) is 1. The zero-order valence-corrected chi connectivity index (χ0v) is 12.0. The zero-order valence-electron chi connectivity index (χ0n) is 12.0. The Balaban J connectivity index is 1.65. The lowest BCUT2D eigenvalue weighted by molar-refractivity contribution is -0.343. The highest BCUT2D eigenvalue weighted by Crippen LogP contribution is 2.52. The monoisotopic (exact) mass is 331 g/mol. The second kappa shape index (κ2) is 5.19. The number of nitrogens with zero attached hydrogens (tertiary/aromatic N) is 2. The first-order chi connectivity index (χ1) is 10.7. The third kappa shape index (κ3) is 2.65. The van der Waals surface area contributed by atoms with Crippen molar-refractivity contribution in [1.29, 1.82) is 0 Å². The van der Waals surface area contributed by atoms with Crippen molar-refractivity contribution in [3.63, 3.8) is 0 Å². The van der Waals surface area contributed by atoms with E-state index in [0.29, 0.717) is 11.3 Å². The molecule has 0 aliphatic heterocycles. The SMILES string of the molecule is Cc1ccc(-c2noc(COC3CC(F)(F)C3(F)F)n2)cc1N. The fourth-order valence-corrected chi connectivity index (χ4v) is 2.15. The lowest BCUT2D eigenvalue weighted by Crippen LogP contribution is -2.63. The smallest absolute Gasteiger partial charge is 0.335 e. The van der Waals surface area contributed by atoms with Crippen LogP contribution in [0.3, 0.4) is 0 Å². The minimum atomic E-state index is -4.18. The lowest BCUT2D eigenvalue weighted by atomic mass is 9.85. The van der Waals surface area contributed by atoms with Gasteiger partial charge in [0.05, 0.1) is 6.42 Å². The Morgan fingerprint density at radius 1 is 1.35 bits per heavy atom. The van der Waals surface area contributed by atoms with Crippen LogP contribution in [0.15, 0.2) is 22.7 Å². The van der Waals surface area contributed by atoms with E-state index in [2.05, 4.69) is 10.1 Å². The minimum Gasteiger partial charge on any atom is -0.398 e. The Morgan fingerprint density at radius 3 is 2.70 bits per heavy atom. The molecule has 1 heterocycles. The van der Waals surface area contributed by atoms with E-state index in [-0.39, 0.29) is 11.7 Å². The van der Waals surface area contributed by atoms with Crippen molar-refractivity contribution in [3.05, 3.63) is 29.7 Å². The quantitative estimate of drug-likeness (QED) is 0.688. The maximum Gasteiger partial charge on any atom is 0.335 e. The molecule has 1 aliphatic rings. The molecule has 23 heavy (non-hydrogen) atoms. The molecule has 2 N–H and O–H groups in total. The number of rotatable bonds is 4. The summed E-state index contributed by atoms with van der Waals surface area (Å²) in [4.78, 5) is 3.98. The maximum atomic E-state index is 13.1. The van der Waals surface area contributed by atoms with Gasteiger partial charge in [-0.05, 0) is 18.6 Å². The van der Waals surface area contributed by atoms with Gasteiger partial charge in [-0.3, -0.25) is 0 Å². The highest BCUT2D eigenvalue weighted by molar-refractivity contribution is 5.63.